The molecule has 25 heavy (non-hydrogen) atoms. The second-order valence-corrected chi connectivity index (χ2v) is 6.13. The molecule has 2 rings (SSSR count). The number of rotatable bonds is 7. The van der Waals surface area contributed by atoms with Crippen LogP contribution in [0.15, 0.2) is 30.3 Å². The lowest BCUT2D eigenvalue weighted by molar-refractivity contribution is -0.124. The summed E-state index contributed by atoms with van der Waals surface area (Å²) >= 11 is 0. The molecule has 1 aromatic heterocycles. The fraction of sp³-hybridized carbons (Fsp3) is 0.400. The van der Waals surface area contributed by atoms with Gasteiger partial charge in [-0.3, -0.25) is 4.79 Å². The van der Waals surface area contributed by atoms with Gasteiger partial charge in [-0.05, 0) is 51.3 Å². The molecule has 0 bridgehead atoms. The number of aromatic nitrogens is 1. The Kier molecular flexibility index (Phi) is 6.39. The van der Waals surface area contributed by atoms with Crippen LogP contribution in [-0.2, 0) is 22.5 Å². The topological polar surface area (TPSA) is 60.3 Å². The van der Waals surface area contributed by atoms with Crippen molar-refractivity contribution in [1.29, 1.82) is 0 Å². The van der Waals surface area contributed by atoms with E-state index in [1.807, 2.05) is 56.5 Å². The summed E-state index contributed by atoms with van der Waals surface area (Å²) in [5.41, 5.74) is 4.80. The molecule has 0 unspecified atom stereocenters. The van der Waals surface area contributed by atoms with Crippen molar-refractivity contribution in [3.8, 4) is 0 Å². The van der Waals surface area contributed by atoms with Gasteiger partial charge < -0.3 is 14.6 Å². The third-order valence-corrected chi connectivity index (χ3v) is 4.42. The zero-order valence-electron chi connectivity index (χ0n) is 15.4. The van der Waals surface area contributed by atoms with Gasteiger partial charge in [-0.2, -0.15) is 0 Å². The van der Waals surface area contributed by atoms with E-state index in [1.54, 1.807) is 6.07 Å². The summed E-state index contributed by atoms with van der Waals surface area (Å²) in [5.74, 6) is -0.743. The number of ether oxygens (including phenoxy) is 1. The average molecular weight is 342 g/mol. The van der Waals surface area contributed by atoms with E-state index in [4.69, 9.17) is 4.74 Å². The molecule has 0 radical (unpaired) electrons. The number of nitrogens with one attached hydrogen (secondary N) is 1. The van der Waals surface area contributed by atoms with Crippen molar-refractivity contribution < 1.29 is 14.3 Å². The van der Waals surface area contributed by atoms with Crippen molar-refractivity contribution in [2.45, 2.75) is 40.7 Å². The monoisotopic (exact) mass is 342 g/mol. The molecule has 0 aliphatic heterocycles. The highest BCUT2D eigenvalue weighted by Crippen LogP contribution is 2.16. The molecule has 134 valence electrons. The Morgan fingerprint density at radius 1 is 1.16 bits per heavy atom. The van der Waals surface area contributed by atoms with E-state index in [-0.39, 0.29) is 12.5 Å². The summed E-state index contributed by atoms with van der Waals surface area (Å²) in [6, 6.07) is 9.87. The van der Waals surface area contributed by atoms with Crippen LogP contribution in [-0.4, -0.2) is 29.6 Å². The summed E-state index contributed by atoms with van der Waals surface area (Å²) in [6.45, 7) is 8.96. The highest BCUT2D eigenvalue weighted by atomic mass is 16.5. The Labute approximate surface area is 149 Å². The Morgan fingerprint density at radius 3 is 2.52 bits per heavy atom. The van der Waals surface area contributed by atoms with E-state index in [0.717, 1.165) is 24.4 Å². The first-order chi connectivity index (χ1) is 11.9. The average Bonchev–Trinajstić information content (AvgIpc) is 2.88. The van der Waals surface area contributed by atoms with Crippen molar-refractivity contribution in [1.82, 2.24) is 9.88 Å². The molecule has 1 aromatic carbocycles. The molecule has 2 aromatic rings. The van der Waals surface area contributed by atoms with Gasteiger partial charge in [0.1, 0.15) is 0 Å². The number of hydrogen-bond acceptors (Lipinski definition) is 3. The lowest BCUT2D eigenvalue weighted by Crippen LogP contribution is -2.30. The van der Waals surface area contributed by atoms with Crippen molar-refractivity contribution in [3.63, 3.8) is 0 Å². The summed E-state index contributed by atoms with van der Waals surface area (Å²) in [6.07, 6.45) is 0.754. The summed E-state index contributed by atoms with van der Waals surface area (Å²) in [5, 5.41) is 2.79. The Morgan fingerprint density at radius 2 is 1.88 bits per heavy atom. The number of esters is 1. The molecular formula is C20H26N2O3. The van der Waals surface area contributed by atoms with E-state index >= 15 is 0 Å². The molecule has 1 heterocycles. The molecule has 5 heteroatoms. The normalized spacial score (nSPS) is 10.6. The minimum absolute atomic E-state index is 0.262. The smallest absolute Gasteiger partial charge is 0.340 e. The maximum Gasteiger partial charge on any atom is 0.340 e. The minimum atomic E-state index is -0.457. The first-order valence-corrected chi connectivity index (χ1v) is 8.59. The number of amides is 1. The highest BCUT2D eigenvalue weighted by molar-refractivity contribution is 5.92. The van der Waals surface area contributed by atoms with Gasteiger partial charge >= 0.3 is 5.97 Å². The molecule has 0 spiro atoms. The van der Waals surface area contributed by atoms with Crippen LogP contribution in [0.4, 0.5) is 0 Å². The van der Waals surface area contributed by atoms with Crippen LogP contribution in [0.25, 0.3) is 0 Å². The lowest BCUT2D eigenvalue weighted by atomic mass is 10.1. The summed E-state index contributed by atoms with van der Waals surface area (Å²) in [7, 11) is 0. The molecule has 1 N–H and O–H groups in total. The van der Waals surface area contributed by atoms with Gasteiger partial charge in [-0.15, -0.1) is 0 Å². The number of aryl methyl sites for hydroxylation is 2. The second kappa shape index (κ2) is 8.51. The van der Waals surface area contributed by atoms with Crippen LogP contribution in [0.5, 0.6) is 0 Å². The predicted molar refractivity (Wildman–Crippen MR) is 97.8 cm³/mol. The summed E-state index contributed by atoms with van der Waals surface area (Å²) in [4.78, 5) is 24.0. The maximum absolute atomic E-state index is 12.2. The van der Waals surface area contributed by atoms with Gasteiger partial charge in [-0.1, -0.05) is 24.3 Å². The van der Waals surface area contributed by atoms with Crippen LogP contribution in [0.2, 0.25) is 0 Å². The first-order valence-electron chi connectivity index (χ1n) is 8.59. The Balaban J connectivity index is 1.80. The van der Waals surface area contributed by atoms with Crippen molar-refractivity contribution in [2.75, 3.05) is 13.2 Å². The number of nitrogens with zero attached hydrogens (tertiary/aromatic N) is 1. The van der Waals surface area contributed by atoms with E-state index in [9.17, 15) is 9.59 Å². The summed E-state index contributed by atoms with van der Waals surface area (Å²) < 4.78 is 7.19. The first kappa shape index (κ1) is 18.8. The molecule has 0 aliphatic rings. The van der Waals surface area contributed by atoms with Gasteiger partial charge in [0.2, 0.25) is 0 Å². The van der Waals surface area contributed by atoms with Gasteiger partial charge in [0, 0.05) is 24.5 Å². The van der Waals surface area contributed by atoms with E-state index in [2.05, 4.69) is 5.32 Å². The molecular weight excluding hydrogens is 316 g/mol. The van der Waals surface area contributed by atoms with E-state index in [0.29, 0.717) is 12.1 Å². The van der Waals surface area contributed by atoms with Crippen molar-refractivity contribution >= 4 is 11.9 Å². The molecule has 0 saturated heterocycles. The fourth-order valence-electron chi connectivity index (χ4n) is 2.98. The molecule has 5 nitrogen and oxygen atoms in total. The zero-order valence-corrected chi connectivity index (χ0v) is 15.4. The fourth-order valence-corrected chi connectivity index (χ4v) is 2.98. The Hall–Kier alpha value is -2.56. The molecule has 0 fully saturated rings. The number of carbonyl (C=O) groups is 2. The lowest BCUT2D eigenvalue weighted by Gasteiger charge is -2.08. The maximum atomic E-state index is 12.2. The highest BCUT2D eigenvalue weighted by Gasteiger charge is 2.17. The van der Waals surface area contributed by atoms with Crippen molar-refractivity contribution in [2.24, 2.45) is 0 Å². The zero-order chi connectivity index (χ0) is 18.4. The van der Waals surface area contributed by atoms with Crippen LogP contribution < -0.4 is 5.32 Å². The SMILES string of the molecule is CCn1c(C)cc(C(=O)OCC(=O)NCCc2ccccc2C)c1C. The number of hydrogen-bond donors (Lipinski definition) is 1. The third-order valence-electron chi connectivity index (χ3n) is 4.42. The molecule has 1 amide bonds. The van der Waals surface area contributed by atoms with E-state index in [1.165, 1.54) is 11.1 Å². The van der Waals surface area contributed by atoms with Gasteiger partial charge in [-0.25, -0.2) is 4.79 Å². The largest absolute Gasteiger partial charge is 0.452 e. The van der Waals surface area contributed by atoms with Crippen LogP contribution in [0.3, 0.4) is 0 Å². The molecule has 0 aliphatic carbocycles. The van der Waals surface area contributed by atoms with Gasteiger partial charge in [0.25, 0.3) is 5.91 Å². The standard InChI is InChI=1S/C20H26N2O3/c1-5-22-15(3)12-18(16(22)4)20(24)25-13-19(23)21-11-10-17-9-7-6-8-14(17)2/h6-9,12H,5,10-11,13H2,1-4H3,(H,21,23). The van der Waals surface area contributed by atoms with Crippen LogP contribution in [0, 0.1) is 20.8 Å². The van der Waals surface area contributed by atoms with E-state index < -0.39 is 5.97 Å². The molecule has 0 saturated carbocycles. The number of benzene rings is 1. The number of carbonyl (C=O) groups excluding carboxylic acids is 2. The second-order valence-electron chi connectivity index (χ2n) is 6.13. The third kappa shape index (κ3) is 4.72. The van der Waals surface area contributed by atoms with Gasteiger partial charge in [0.15, 0.2) is 6.61 Å². The quantitative estimate of drug-likeness (QED) is 0.787. The molecule has 0 atom stereocenters. The van der Waals surface area contributed by atoms with Crippen LogP contribution >= 0.6 is 0 Å². The van der Waals surface area contributed by atoms with Crippen molar-refractivity contribution in [3.05, 3.63) is 58.4 Å². The van der Waals surface area contributed by atoms with Crippen LogP contribution in [0.1, 0.15) is 39.8 Å². The Bertz CT molecular complexity index is 762. The minimum Gasteiger partial charge on any atom is -0.452 e. The van der Waals surface area contributed by atoms with Gasteiger partial charge in [0.05, 0.1) is 5.56 Å². The predicted octanol–water partition coefficient (Wildman–Crippen LogP) is 2.95.